The Morgan fingerprint density at radius 3 is 2.81 bits per heavy atom. The maximum atomic E-state index is 11.1. The molecule has 3 aromatic rings. The molecule has 0 radical (unpaired) electrons. The lowest BCUT2D eigenvalue weighted by molar-refractivity contribution is 0.0697. The normalized spacial score (nSPS) is 11.1. The van der Waals surface area contributed by atoms with Crippen LogP contribution in [0.4, 0.5) is 0 Å². The minimum Gasteiger partial charge on any atom is -0.478 e. The van der Waals surface area contributed by atoms with Crippen LogP contribution in [-0.2, 0) is 13.0 Å². The second-order valence-corrected chi connectivity index (χ2v) is 4.71. The van der Waals surface area contributed by atoms with E-state index in [2.05, 4.69) is 15.1 Å². The summed E-state index contributed by atoms with van der Waals surface area (Å²) in [6.07, 6.45) is 0.726. The summed E-state index contributed by atoms with van der Waals surface area (Å²) in [6.45, 7) is 4.13. The number of rotatable bonds is 4. The predicted molar refractivity (Wildman–Crippen MR) is 74.2 cm³/mol. The maximum Gasteiger partial charge on any atom is 0.335 e. The van der Waals surface area contributed by atoms with E-state index in [4.69, 9.17) is 9.63 Å². The van der Waals surface area contributed by atoms with Crippen LogP contribution >= 0.6 is 0 Å². The molecule has 0 unspecified atom stereocenters. The van der Waals surface area contributed by atoms with Crippen molar-refractivity contribution in [1.82, 2.24) is 19.7 Å². The van der Waals surface area contributed by atoms with Crippen molar-refractivity contribution in [2.24, 2.45) is 0 Å². The fraction of sp³-hybridized carbons (Fsp3) is 0.286. The van der Waals surface area contributed by atoms with Gasteiger partial charge in [-0.2, -0.15) is 4.98 Å². The van der Waals surface area contributed by atoms with Crippen LogP contribution in [0, 0.1) is 6.92 Å². The van der Waals surface area contributed by atoms with E-state index in [0.717, 1.165) is 23.3 Å². The Labute approximate surface area is 120 Å². The number of carbonyl (C=O) groups is 1. The summed E-state index contributed by atoms with van der Waals surface area (Å²) >= 11 is 0. The van der Waals surface area contributed by atoms with E-state index in [0.29, 0.717) is 18.3 Å². The van der Waals surface area contributed by atoms with Crippen LogP contribution in [0.1, 0.15) is 34.8 Å². The van der Waals surface area contributed by atoms with Gasteiger partial charge in [-0.1, -0.05) is 12.1 Å². The summed E-state index contributed by atoms with van der Waals surface area (Å²) in [5, 5.41) is 12.9. The standard InChI is InChI=1S/C14H14N4O3/c1-3-12-16-10-5-4-9(14(19)20)6-11(10)18(12)7-13-15-8(2)17-21-13/h4-6H,3,7H2,1-2H3,(H,19,20). The number of hydrogen-bond acceptors (Lipinski definition) is 5. The van der Waals surface area contributed by atoms with Gasteiger partial charge < -0.3 is 14.2 Å². The van der Waals surface area contributed by atoms with Crippen molar-refractivity contribution < 1.29 is 14.4 Å². The molecule has 0 fully saturated rings. The Morgan fingerprint density at radius 2 is 2.19 bits per heavy atom. The van der Waals surface area contributed by atoms with Crippen LogP contribution in [0.2, 0.25) is 0 Å². The number of aromatic nitrogens is 4. The largest absolute Gasteiger partial charge is 0.478 e. The van der Waals surface area contributed by atoms with Crippen molar-refractivity contribution in [2.45, 2.75) is 26.8 Å². The molecular weight excluding hydrogens is 272 g/mol. The Bertz CT molecular complexity index is 819. The summed E-state index contributed by atoms with van der Waals surface area (Å²) < 4.78 is 7.05. The molecule has 0 aliphatic rings. The molecule has 1 N–H and O–H groups in total. The van der Waals surface area contributed by atoms with Crippen molar-refractivity contribution in [3.05, 3.63) is 41.3 Å². The molecule has 2 aromatic heterocycles. The zero-order valence-electron chi connectivity index (χ0n) is 11.7. The third-order valence-electron chi connectivity index (χ3n) is 3.25. The first kappa shape index (κ1) is 13.3. The minimum atomic E-state index is -0.962. The summed E-state index contributed by atoms with van der Waals surface area (Å²) in [5.41, 5.74) is 1.74. The van der Waals surface area contributed by atoms with Crippen molar-refractivity contribution in [2.75, 3.05) is 0 Å². The van der Waals surface area contributed by atoms with Crippen LogP contribution in [0.15, 0.2) is 22.7 Å². The fourth-order valence-corrected chi connectivity index (χ4v) is 2.29. The highest BCUT2D eigenvalue weighted by atomic mass is 16.5. The van der Waals surface area contributed by atoms with Crippen LogP contribution in [0.5, 0.6) is 0 Å². The molecule has 0 aliphatic carbocycles. The number of aryl methyl sites for hydroxylation is 2. The van der Waals surface area contributed by atoms with Gasteiger partial charge in [0.25, 0.3) is 0 Å². The molecule has 0 amide bonds. The second kappa shape index (κ2) is 5.01. The van der Waals surface area contributed by atoms with E-state index in [9.17, 15) is 4.79 Å². The van der Waals surface area contributed by atoms with Gasteiger partial charge >= 0.3 is 5.97 Å². The smallest absolute Gasteiger partial charge is 0.335 e. The summed E-state index contributed by atoms with van der Waals surface area (Å²) in [4.78, 5) is 19.8. The van der Waals surface area contributed by atoms with Gasteiger partial charge in [0.15, 0.2) is 5.82 Å². The molecule has 0 atom stereocenters. The number of carboxylic acids is 1. The Hall–Kier alpha value is -2.70. The van der Waals surface area contributed by atoms with Gasteiger partial charge in [0.2, 0.25) is 5.89 Å². The molecule has 0 saturated heterocycles. The molecule has 108 valence electrons. The average Bonchev–Trinajstić information content (AvgIpc) is 3.02. The SMILES string of the molecule is CCc1nc2ccc(C(=O)O)cc2n1Cc1nc(C)no1. The lowest BCUT2D eigenvalue weighted by Gasteiger charge is -2.05. The van der Waals surface area contributed by atoms with Crippen LogP contribution in [-0.4, -0.2) is 30.8 Å². The van der Waals surface area contributed by atoms with Crippen LogP contribution in [0.25, 0.3) is 11.0 Å². The molecule has 3 rings (SSSR count). The highest BCUT2D eigenvalue weighted by Crippen LogP contribution is 2.20. The molecule has 21 heavy (non-hydrogen) atoms. The van der Waals surface area contributed by atoms with Gasteiger partial charge in [-0.25, -0.2) is 9.78 Å². The number of imidazole rings is 1. The van der Waals surface area contributed by atoms with Crippen molar-refractivity contribution >= 4 is 17.0 Å². The lowest BCUT2D eigenvalue weighted by atomic mass is 10.2. The predicted octanol–water partition coefficient (Wildman–Crippen LogP) is 2.04. The Balaban J connectivity index is 2.13. The quantitative estimate of drug-likeness (QED) is 0.788. The third-order valence-corrected chi connectivity index (χ3v) is 3.25. The molecule has 0 saturated carbocycles. The van der Waals surface area contributed by atoms with E-state index in [1.54, 1.807) is 25.1 Å². The van der Waals surface area contributed by atoms with Gasteiger partial charge in [-0.15, -0.1) is 0 Å². The van der Waals surface area contributed by atoms with E-state index in [1.807, 2.05) is 11.5 Å². The summed E-state index contributed by atoms with van der Waals surface area (Å²) in [6, 6.07) is 4.89. The molecule has 0 spiro atoms. The molecule has 0 bridgehead atoms. The van der Waals surface area contributed by atoms with Crippen LogP contribution < -0.4 is 0 Å². The Kier molecular flexibility index (Phi) is 3.17. The first-order valence-corrected chi connectivity index (χ1v) is 6.60. The van der Waals surface area contributed by atoms with Crippen molar-refractivity contribution in [3.8, 4) is 0 Å². The zero-order valence-corrected chi connectivity index (χ0v) is 11.7. The highest BCUT2D eigenvalue weighted by molar-refractivity contribution is 5.92. The van der Waals surface area contributed by atoms with E-state index in [1.165, 1.54) is 0 Å². The summed E-state index contributed by atoms with van der Waals surface area (Å²) in [7, 11) is 0. The Morgan fingerprint density at radius 1 is 1.38 bits per heavy atom. The maximum absolute atomic E-state index is 11.1. The number of fused-ring (bicyclic) bond motifs is 1. The van der Waals surface area contributed by atoms with E-state index < -0.39 is 5.97 Å². The monoisotopic (exact) mass is 286 g/mol. The van der Waals surface area contributed by atoms with Crippen LogP contribution in [0.3, 0.4) is 0 Å². The van der Waals surface area contributed by atoms with Gasteiger partial charge in [0, 0.05) is 6.42 Å². The first-order chi connectivity index (χ1) is 10.1. The lowest BCUT2D eigenvalue weighted by Crippen LogP contribution is -2.05. The van der Waals surface area contributed by atoms with Crippen molar-refractivity contribution in [1.29, 1.82) is 0 Å². The molecule has 7 heteroatoms. The zero-order chi connectivity index (χ0) is 15.0. The molecular formula is C14H14N4O3. The van der Waals surface area contributed by atoms with E-state index in [-0.39, 0.29) is 5.56 Å². The minimum absolute atomic E-state index is 0.230. The second-order valence-electron chi connectivity index (χ2n) is 4.71. The molecule has 2 heterocycles. The number of nitrogens with zero attached hydrogens (tertiary/aromatic N) is 4. The summed E-state index contributed by atoms with van der Waals surface area (Å²) in [5.74, 6) is 0.931. The van der Waals surface area contributed by atoms with Gasteiger partial charge in [-0.3, -0.25) is 0 Å². The topological polar surface area (TPSA) is 94.0 Å². The van der Waals surface area contributed by atoms with Gasteiger partial charge in [0.1, 0.15) is 12.4 Å². The number of carboxylic acid groups (broad SMARTS) is 1. The number of benzene rings is 1. The van der Waals surface area contributed by atoms with Gasteiger partial charge in [0.05, 0.1) is 16.6 Å². The van der Waals surface area contributed by atoms with E-state index >= 15 is 0 Å². The molecule has 7 nitrogen and oxygen atoms in total. The average molecular weight is 286 g/mol. The first-order valence-electron chi connectivity index (χ1n) is 6.60. The molecule has 1 aromatic carbocycles. The van der Waals surface area contributed by atoms with Gasteiger partial charge in [-0.05, 0) is 25.1 Å². The molecule has 0 aliphatic heterocycles. The third kappa shape index (κ3) is 2.37. The highest BCUT2D eigenvalue weighted by Gasteiger charge is 2.14. The fourth-order valence-electron chi connectivity index (χ4n) is 2.29. The number of aromatic carboxylic acids is 1. The van der Waals surface area contributed by atoms with Crippen molar-refractivity contribution in [3.63, 3.8) is 0 Å². The number of hydrogen-bond donors (Lipinski definition) is 1.